The van der Waals surface area contributed by atoms with Gasteiger partial charge in [-0.25, -0.2) is 0 Å². The van der Waals surface area contributed by atoms with Crippen LogP contribution < -0.4 is 5.32 Å². The number of aromatic nitrogens is 1. The molecule has 0 saturated carbocycles. The molecule has 2 N–H and O–H groups in total. The smallest absolute Gasteiger partial charge is 0.240 e. The highest BCUT2D eigenvalue weighted by Crippen LogP contribution is 2.34. The number of carbonyl (C=O) groups excluding carboxylic acids is 1. The van der Waals surface area contributed by atoms with Crippen LogP contribution >= 0.6 is 0 Å². The molecule has 1 fully saturated rings. The van der Waals surface area contributed by atoms with E-state index in [-0.39, 0.29) is 18.0 Å². The topological polar surface area (TPSA) is 51.4 Å². The molecule has 3 heterocycles. The first-order chi connectivity index (χ1) is 12.5. The summed E-state index contributed by atoms with van der Waals surface area (Å²) in [7, 11) is 2.12. The van der Waals surface area contributed by atoms with Gasteiger partial charge in [0.25, 0.3) is 0 Å². The number of hydrogen-bond donors (Lipinski definition) is 2. The molecule has 0 unspecified atom stereocenters. The normalized spacial score (nSPS) is 24.2. The first-order valence-corrected chi connectivity index (χ1v) is 9.85. The molecule has 0 aliphatic carbocycles. The summed E-state index contributed by atoms with van der Waals surface area (Å²) in [4.78, 5) is 21.0. The van der Waals surface area contributed by atoms with Crippen LogP contribution in [0.25, 0.3) is 10.9 Å². The van der Waals surface area contributed by atoms with Crippen molar-refractivity contribution < 1.29 is 4.79 Å². The summed E-state index contributed by atoms with van der Waals surface area (Å²) in [6.45, 7) is 8.09. The lowest BCUT2D eigenvalue weighted by Crippen LogP contribution is -2.54. The summed E-state index contributed by atoms with van der Waals surface area (Å²) in [6.07, 6.45) is 3.89. The predicted molar refractivity (Wildman–Crippen MR) is 105 cm³/mol. The van der Waals surface area contributed by atoms with Crippen molar-refractivity contribution in [2.75, 3.05) is 33.2 Å². The number of piperazine rings is 1. The fourth-order valence-electron chi connectivity index (χ4n) is 4.42. The molecule has 1 saturated heterocycles. The lowest BCUT2D eigenvalue weighted by molar-refractivity contribution is -0.135. The Morgan fingerprint density at radius 3 is 2.73 bits per heavy atom. The minimum atomic E-state index is -0.145. The molecule has 2 aliphatic rings. The SMILES string of the molecule is CC(C)C[C@@H]1N[C@H](C(=O)N2CCN(C)CC2)Cc2c[nH]c3cccc1c23. The highest BCUT2D eigenvalue weighted by molar-refractivity contribution is 5.90. The van der Waals surface area contributed by atoms with E-state index in [0.717, 1.165) is 39.0 Å². The zero-order valence-electron chi connectivity index (χ0n) is 16.1. The van der Waals surface area contributed by atoms with Crippen LogP contribution in [0, 0.1) is 5.92 Å². The van der Waals surface area contributed by atoms with Gasteiger partial charge in [0.15, 0.2) is 0 Å². The molecule has 1 aromatic carbocycles. The molecule has 2 aliphatic heterocycles. The third-order valence-corrected chi connectivity index (χ3v) is 5.84. The van der Waals surface area contributed by atoms with Crippen LogP contribution in [0.4, 0.5) is 0 Å². The van der Waals surface area contributed by atoms with Crippen LogP contribution in [0.3, 0.4) is 0 Å². The fraction of sp³-hybridized carbons (Fsp3) is 0.571. The van der Waals surface area contributed by atoms with Gasteiger partial charge in [-0.1, -0.05) is 26.0 Å². The summed E-state index contributed by atoms with van der Waals surface area (Å²) in [5, 5.41) is 5.05. The third kappa shape index (κ3) is 3.26. The van der Waals surface area contributed by atoms with Gasteiger partial charge in [0.2, 0.25) is 5.91 Å². The molecule has 1 amide bonds. The number of rotatable bonds is 3. The summed E-state index contributed by atoms with van der Waals surface area (Å²) >= 11 is 0. The molecular formula is C21H30N4O. The van der Waals surface area contributed by atoms with Crippen molar-refractivity contribution in [1.29, 1.82) is 0 Å². The molecule has 2 atom stereocenters. The molecule has 4 rings (SSSR count). The molecular weight excluding hydrogens is 324 g/mol. The molecule has 1 aromatic heterocycles. The van der Waals surface area contributed by atoms with E-state index in [4.69, 9.17) is 0 Å². The minimum absolute atomic E-state index is 0.145. The molecule has 0 radical (unpaired) electrons. The van der Waals surface area contributed by atoms with E-state index >= 15 is 0 Å². The Bertz CT molecular complexity index is 788. The number of aromatic amines is 1. The zero-order chi connectivity index (χ0) is 18.3. The Morgan fingerprint density at radius 1 is 1.23 bits per heavy atom. The van der Waals surface area contributed by atoms with Gasteiger partial charge < -0.3 is 14.8 Å². The highest BCUT2D eigenvalue weighted by Gasteiger charge is 2.33. The van der Waals surface area contributed by atoms with Gasteiger partial charge >= 0.3 is 0 Å². The second-order valence-corrected chi connectivity index (χ2v) is 8.32. The van der Waals surface area contributed by atoms with Gasteiger partial charge in [0, 0.05) is 49.3 Å². The highest BCUT2D eigenvalue weighted by atomic mass is 16.2. The van der Waals surface area contributed by atoms with Gasteiger partial charge in [-0.2, -0.15) is 0 Å². The lowest BCUT2D eigenvalue weighted by atomic mass is 9.94. The molecule has 5 heteroatoms. The molecule has 0 bridgehead atoms. The van der Waals surface area contributed by atoms with Gasteiger partial charge in [0.05, 0.1) is 6.04 Å². The van der Waals surface area contributed by atoms with E-state index in [9.17, 15) is 4.79 Å². The largest absolute Gasteiger partial charge is 0.361 e. The van der Waals surface area contributed by atoms with E-state index in [1.807, 2.05) is 4.90 Å². The van der Waals surface area contributed by atoms with Crippen molar-refractivity contribution >= 4 is 16.8 Å². The van der Waals surface area contributed by atoms with E-state index in [2.05, 4.69) is 60.5 Å². The molecule has 140 valence electrons. The average Bonchev–Trinajstić information content (AvgIpc) is 2.96. The number of amides is 1. The standard InChI is InChI=1S/C21H30N4O/c1-14(2)11-18-16-5-4-6-17-20(16)15(13-22-17)12-19(23-18)21(26)25-9-7-24(3)8-10-25/h4-6,13-14,18-19,22-23H,7-12H2,1-3H3/t18-,19-/m0/s1. The maximum Gasteiger partial charge on any atom is 0.240 e. The maximum atomic E-state index is 13.3. The van der Waals surface area contributed by atoms with Crippen LogP contribution in [0.15, 0.2) is 24.4 Å². The number of nitrogens with one attached hydrogen (secondary N) is 2. The first kappa shape index (κ1) is 17.6. The van der Waals surface area contributed by atoms with Crippen molar-refractivity contribution in [2.45, 2.75) is 38.8 Å². The Kier molecular flexibility index (Phi) is 4.76. The number of hydrogen-bond acceptors (Lipinski definition) is 3. The molecule has 5 nitrogen and oxygen atoms in total. The van der Waals surface area contributed by atoms with Crippen molar-refractivity contribution in [1.82, 2.24) is 20.1 Å². The molecule has 26 heavy (non-hydrogen) atoms. The van der Waals surface area contributed by atoms with E-state index < -0.39 is 0 Å². The Hall–Kier alpha value is -1.85. The fourth-order valence-corrected chi connectivity index (χ4v) is 4.42. The van der Waals surface area contributed by atoms with E-state index in [0.29, 0.717) is 5.92 Å². The maximum absolute atomic E-state index is 13.3. The van der Waals surface area contributed by atoms with Crippen LogP contribution in [0.5, 0.6) is 0 Å². The number of benzene rings is 1. The second-order valence-electron chi connectivity index (χ2n) is 8.32. The van der Waals surface area contributed by atoms with Crippen molar-refractivity contribution in [2.24, 2.45) is 5.92 Å². The van der Waals surface area contributed by atoms with Crippen LogP contribution in [-0.4, -0.2) is 60.0 Å². The van der Waals surface area contributed by atoms with Crippen LogP contribution in [-0.2, 0) is 11.2 Å². The minimum Gasteiger partial charge on any atom is -0.361 e. The summed E-state index contributed by atoms with van der Waals surface area (Å²) in [6, 6.07) is 6.56. The van der Waals surface area contributed by atoms with Crippen molar-refractivity contribution in [3.63, 3.8) is 0 Å². The second kappa shape index (κ2) is 7.05. The zero-order valence-corrected chi connectivity index (χ0v) is 16.1. The molecule has 2 aromatic rings. The van der Waals surface area contributed by atoms with Crippen LogP contribution in [0.2, 0.25) is 0 Å². The number of nitrogens with zero attached hydrogens (tertiary/aromatic N) is 2. The Morgan fingerprint density at radius 2 is 2.00 bits per heavy atom. The van der Waals surface area contributed by atoms with Crippen molar-refractivity contribution in [3.8, 4) is 0 Å². The lowest BCUT2D eigenvalue weighted by Gasteiger charge is -2.35. The summed E-state index contributed by atoms with van der Waals surface area (Å²) in [5.41, 5.74) is 3.78. The predicted octanol–water partition coefficient (Wildman–Crippen LogP) is 2.54. The first-order valence-electron chi connectivity index (χ1n) is 9.85. The Labute approximate surface area is 155 Å². The van der Waals surface area contributed by atoms with Crippen LogP contribution in [0.1, 0.15) is 37.4 Å². The molecule has 0 spiro atoms. The number of H-pyrrole nitrogens is 1. The number of carbonyl (C=O) groups is 1. The Balaban J connectivity index is 1.65. The monoisotopic (exact) mass is 354 g/mol. The van der Waals surface area contributed by atoms with Gasteiger partial charge in [0.1, 0.15) is 0 Å². The van der Waals surface area contributed by atoms with Gasteiger partial charge in [-0.05, 0) is 43.0 Å². The summed E-state index contributed by atoms with van der Waals surface area (Å²) in [5.74, 6) is 0.830. The average molecular weight is 354 g/mol. The van der Waals surface area contributed by atoms with E-state index in [1.165, 1.54) is 22.0 Å². The number of likely N-dealkylation sites (N-methyl/N-ethyl adjacent to an activating group) is 1. The van der Waals surface area contributed by atoms with Crippen molar-refractivity contribution in [3.05, 3.63) is 35.5 Å². The van der Waals surface area contributed by atoms with Gasteiger partial charge in [-0.3, -0.25) is 10.1 Å². The summed E-state index contributed by atoms with van der Waals surface area (Å²) < 4.78 is 0. The third-order valence-electron chi connectivity index (χ3n) is 5.84. The quantitative estimate of drug-likeness (QED) is 0.891. The van der Waals surface area contributed by atoms with E-state index in [1.54, 1.807) is 0 Å². The van der Waals surface area contributed by atoms with Gasteiger partial charge in [-0.15, -0.1) is 0 Å².